The van der Waals surface area contributed by atoms with Crippen molar-refractivity contribution >= 4 is 5.78 Å². The minimum absolute atomic E-state index is 0.205. The topological polar surface area (TPSA) is 25.2 Å². The quantitative estimate of drug-likeness (QED) is 0.800. The Hall–Kier alpha value is -1.87. The third-order valence-corrected chi connectivity index (χ3v) is 4.03. The number of rotatable bonds is 3. The Kier molecular flexibility index (Phi) is 3.70. The lowest BCUT2D eigenvalue weighted by Crippen LogP contribution is -2.30. The van der Waals surface area contributed by atoms with Crippen LogP contribution in [0.25, 0.3) is 0 Å². The third kappa shape index (κ3) is 2.68. The number of Topliss-reactive ketones (excluding diaryl/α,β-unsaturated/α-hetero) is 1. The molecule has 0 N–H and O–H groups in total. The number of ketones is 1. The molecular weight excluding hydrogens is 248 g/mol. The van der Waals surface area contributed by atoms with E-state index in [2.05, 4.69) is 29.2 Å². The first-order valence-electron chi connectivity index (χ1n) is 7.18. The number of aromatic nitrogens is 1. The molecule has 0 bridgehead atoms. The number of hydrogen-bond acceptors (Lipinski definition) is 2. The molecule has 0 atom stereocenters. The van der Waals surface area contributed by atoms with E-state index in [9.17, 15) is 4.79 Å². The highest BCUT2D eigenvalue weighted by Crippen LogP contribution is 2.18. The maximum atomic E-state index is 12.4. The fraction of sp³-hybridized carbons (Fsp3) is 0.353. The van der Waals surface area contributed by atoms with Crippen LogP contribution in [0.3, 0.4) is 0 Å². The summed E-state index contributed by atoms with van der Waals surface area (Å²) in [6, 6.07) is 12.4. The van der Waals surface area contributed by atoms with Crippen molar-refractivity contribution in [3.05, 3.63) is 59.4 Å². The predicted octanol–water partition coefficient (Wildman–Crippen LogP) is 2.66. The predicted molar refractivity (Wildman–Crippen MR) is 79.8 cm³/mol. The zero-order chi connectivity index (χ0) is 13.9. The van der Waals surface area contributed by atoms with E-state index in [4.69, 9.17) is 0 Å². The van der Waals surface area contributed by atoms with Crippen LogP contribution in [0.2, 0.25) is 0 Å². The van der Waals surface area contributed by atoms with Gasteiger partial charge in [-0.15, -0.1) is 0 Å². The molecule has 104 valence electrons. The summed E-state index contributed by atoms with van der Waals surface area (Å²) >= 11 is 0. The van der Waals surface area contributed by atoms with Crippen LogP contribution in [-0.4, -0.2) is 28.3 Å². The van der Waals surface area contributed by atoms with Gasteiger partial charge in [0.1, 0.15) is 0 Å². The van der Waals surface area contributed by atoms with E-state index in [1.807, 2.05) is 29.9 Å². The van der Waals surface area contributed by atoms with Crippen molar-refractivity contribution in [2.75, 3.05) is 13.1 Å². The summed E-state index contributed by atoms with van der Waals surface area (Å²) in [6.45, 7) is 2.38. The Bertz CT molecular complexity index is 615. The van der Waals surface area contributed by atoms with Gasteiger partial charge in [0.15, 0.2) is 5.78 Å². The standard InChI is InChI=1S/C17H20N2O/c1-18-10-5-9-16(18)17(20)13-19-11-4-8-14-6-2-3-7-15(14)12-19/h2-3,5-7,9-10H,4,8,11-13H2,1H3. The van der Waals surface area contributed by atoms with Gasteiger partial charge >= 0.3 is 0 Å². The van der Waals surface area contributed by atoms with E-state index in [1.54, 1.807) is 0 Å². The molecule has 0 amide bonds. The number of fused-ring (bicyclic) bond motifs is 1. The number of nitrogens with zero attached hydrogens (tertiary/aromatic N) is 2. The zero-order valence-electron chi connectivity index (χ0n) is 11.9. The van der Waals surface area contributed by atoms with Crippen molar-refractivity contribution in [3.8, 4) is 0 Å². The summed E-state index contributed by atoms with van der Waals surface area (Å²) < 4.78 is 1.90. The number of aryl methyl sites for hydroxylation is 2. The summed E-state index contributed by atoms with van der Waals surface area (Å²) in [5, 5.41) is 0. The Labute approximate surface area is 119 Å². The number of hydrogen-bond donors (Lipinski definition) is 0. The van der Waals surface area contributed by atoms with Crippen LogP contribution >= 0.6 is 0 Å². The smallest absolute Gasteiger partial charge is 0.193 e. The average molecular weight is 268 g/mol. The molecule has 3 heteroatoms. The molecule has 3 rings (SSSR count). The van der Waals surface area contributed by atoms with Gasteiger partial charge in [0, 0.05) is 19.8 Å². The normalized spacial score (nSPS) is 15.7. The Morgan fingerprint density at radius 2 is 1.95 bits per heavy atom. The largest absolute Gasteiger partial charge is 0.348 e. The lowest BCUT2D eigenvalue weighted by Gasteiger charge is -2.19. The molecule has 2 heterocycles. The van der Waals surface area contributed by atoms with E-state index >= 15 is 0 Å². The molecule has 0 aliphatic carbocycles. The number of benzene rings is 1. The summed E-state index contributed by atoms with van der Waals surface area (Å²) in [5.74, 6) is 0.205. The molecule has 0 radical (unpaired) electrons. The number of carbonyl (C=O) groups excluding carboxylic acids is 1. The average Bonchev–Trinajstić information content (AvgIpc) is 2.76. The van der Waals surface area contributed by atoms with Crippen LogP contribution in [0.5, 0.6) is 0 Å². The van der Waals surface area contributed by atoms with Gasteiger partial charge in [-0.05, 0) is 42.6 Å². The molecule has 0 unspecified atom stereocenters. The van der Waals surface area contributed by atoms with Gasteiger partial charge < -0.3 is 4.57 Å². The second-order valence-electron chi connectivity index (χ2n) is 5.51. The van der Waals surface area contributed by atoms with Gasteiger partial charge in [0.25, 0.3) is 0 Å². The number of carbonyl (C=O) groups is 1. The van der Waals surface area contributed by atoms with E-state index in [0.717, 1.165) is 31.6 Å². The van der Waals surface area contributed by atoms with Gasteiger partial charge in [-0.25, -0.2) is 0 Å². The van der Waals surface area contributed by atoms with Crippen molar-refractivity contribution in [3.63, 3.8) is 0 Å². The van der Waals surface area contributed by atoms with Gasteiger partial charge in [-0.3, -0.25) is 9.69 Å². The molecule has 1 aliphatic heterocycles. The lowest BCUT2D eigenvalue weighted by atomic mass is 10.0. The van der Waals surface area contributed by atoms with E-state index in [-0.39, 0.29) is 5.78 Å². The molecule has 1 aliphatic rings. The molecule has 0 saturated carbocycles. The van der Waals surface area contributed by atoms with Crippen molar-refractivity contribution in [2.24, 2.45) is 7.05 Å². The second-order valence-corrected chi connectivity index (χ2v) is 5.51. The third-order valence-electron chi connectivity index (χ3n) is 4.03. The zero-order valence-corrected chi connectivity index (χ0v) is 11.9. The summed E-state index contributed by atoms with van der Waals surface area (Å²) in [5.41, 5.74) is 3.59. The van der Waals surface area contributed by atoms with Gasteiger partial charge in [0.05, 0.1) is 12.2 Å². The van der Waals surface area contributed by atoms with Gasteiger partial charge in [-0.2, -0.15) is 0 Å². The fourth-order valence-electron chi connectivity index (χ4n) is 2.94. The molecule has 0 spiro atoms. The molecule has 0 fully saturated rings. The minimum Gasteiger partial charge on any atom is -0.348 e. The van der Waals surface area contributed by atoms with Crippen LogP contribution in [0.15, 0.2) is 42.6 Å². The van der Waals surface area contributed by atoms with Crippen LogP contribution in [0.1, 0.15) is 28.0 Å². The van der Waals surface area contributed by atoms with Crippen molar-refractivity contribution in [2.45, 2.75) is 19.4 Å². The van der Waals surface area contributed by atoms with Gasteiger partial charge in [0.2, 0.25) is 0 Å². The molecule has 20 heavy (non-hydrogen) atoms. The SMILES string of the molecule is Cn1cccc1C(=O)CN1CCCc2ccccc2C1. The highest BCUT2D eigenvalue weighted by Gasteiger charge is 2.18. The van der Waals surface area contributed by atoms with Gasteiger partial charge in [-0.1, -0.05) is 24.3 Å². The second kappa shape index (κ2) is 5.63. The first kappa shape index (κ1) is 13.1. The maximum absolute atomic E-state index is 12.4. The Morgan fingerprint density at radius 3 is 2.70 bits per heavy atom. The molecular formula is C17H20N2O. The first-order valence-corrected chi connectivity index (χ1v) is 7.18. The molecule has 3 nitrogen and oxygen atoms in total. The minimum atomic E-state index is 0.205. The lowest BCUT2D eigenvalue weighted by molar-refractivity contribution is 0.0918. The highest BCUT2D eigenvalue weighted by molar-refractivity contribution is 5.96. The summed E-state index contributed by atoms with van der Waals surface area (Å²) in [4.78, 5) is 14.6. The monoisotopic (exact) mass is 268 g/mol. The molecule has 1 aromatic heterocycles. The van der Waals surface area contributed by atoms with Crippen LogP contribution in [0, 0.1) is 0 Å². The maximum Gasteiger partial charge on any atom is 0.193 e. The first-order chi connectivity index (χ1) is 9.74. The van der Waals surface area contributed by atoms with E-state index in [1.165, 1.54) is 11.1 Å². The van der Waals surface area contributed by atoms with Crippen molar-refractivity contribution in [1.29, 1.82) is 0 Å². The fourth-order valence-corrected chi connectivity index (χ4v) is 2.94. The Balaban J connectivity index is 1.73. The molecule has 0 saturated heterocycles. The van der Waals surface area contributed by atoms with Crippen molar-refractivity contribution < 1.29 is 4.79 Å². The van der Waals surface area contributed by atoms with Crippen molar-refractivity contribution in [1.82, 2.24) is 9.47 Å². The summed E-state index contributed by atoms with van der Waals surface area (Å²) in [7, 11) is 1.92. The Morgan fingerprint density at radius 1 is 1.15 bits per heavy atom. The highest BCUT2D eigenvalue weighted by atomic mass is 16.1. The molecule has 2 aromatic rings. The molecule has 1 aromatic carbocycles. The van der Waals surface area contributed by atoms with Crippen LogP contribution in [-0.2, 0) is 20.0 Å². The summed E-state index contributed by atoms with van der Waals surface area (Å²) in [6.07, 6.45) is 4.16. The van der Waals surface area contributed by atoms with Crippen LogP contribution < -0.4 is 0 Å². The van der Waals surface area contributed by atoms with E-state index in [0.29, 0.717) is 6.54 Å². The van der Waals surface area contributed by atoms with E-state index < -0.39 is 0 Å². The van der Waals surface area contributed by atoms with Crippen LogP contribution in [0.4, 0.5) is 0 Å².